The van der Waals surface area contributed by atoms with Crippen LogP contribution in [-0.4, -0.2) is 37.9 Å². The van der Waals surface area contributed by atoms with Crippen LogP contribution >= 0.6 is 0 Å². The summed E-state index contributed by atoms with van der Waals surface area (Å²) in [7, 11) is 4.06. The van der Waals surface area contributed by atoms with Gasteiger partial charge in [-0.2, -0.15) is 0 Å². The van der Waals surface area contributed by atoms with Crippen molar-refractivity contribution >= 4 is 11.5 Å². The summed E-state index contributed by atoms with van der Waals surface area (Å²) in [6.07, 6.45) is 0.944. The maximum Gasteiger partial charge on any atom is 0.165 e. The van der Waals surface area contributed by atoms with Crippen LogP contribution in [0, 0.1) is 5.92 Å². The summed E-state index contributed by atoms with van der Waals surface area (Å²) in [5, 5.41) is 0. The van der Waals surface area contributed by atoms with E-state index in [1.165, 1.54) is 0 Å². The van der Waals surface area contributed by atoms with Crippen LogP contribution in [0.5, 0.6) is 5.75 Å². The van der Waals surface area contributed by atoms with Gasteiger partial charge in [-0.15, -0.1) is 0 Å². The first-order valence-corrected chi connectivity index (χ1v) is 6.63. The highest BCUT2D eigenvalue weighted by Crippen LogP contribution is 2.24. The molecule has 0 fully saturated rings. The lowest BCUT2D eigenvalue weighted by Crippen LogP contribution is -2.15. The molecule has 0 saturated carbocycles. The van der Waals surface area contributed by atoms with Crippen molar-refractivity contribution in [2.75, 3.05) is 33.0 Å². The van der Waals surface area contributed by atoms with E-state index in [4.69, 9.17) is 10.5 Å². The molecule has 106 valence electrons. The van der Waals surface area contributed by atoms with E-state index in [2.05, 4.69) is 4.90 Å². The predicted molar refractivity (Wildman–Crippen MR) is 78.7 cm³/mol. The average molecular weight is 264 g/mol. The van der Waals surface area contributed by atoms with E-state index in [1.54, 1.807) is 18.2 Å². The van der Waals surface area contributed by atoms with Crippen LogP contribution in [0.1, 0.15) is 30.6 Å². The highest BCUT2D eigenvalue weighted by molar-refractivity contribution is 5.98. The van der Waals surface area contributed by atoms with Crippen LogP contribution < -0.4 is 10.5 Å². The lowest BCUT2D eigenvalue weighted by Gasteiger charge is -2.12. The molecular weight excluding hydrogens is 240 g/mol. The molecule has 19 heavy (non-hydrogen) atoms. The van der Waals surface area contributed by atoms with Gasteiger partial charge in [-0.05, 0) is 38.7 Å². The second-order valence-electron chi connectivity index (χ2n) is 5.28. The molecule has 1 aromatic rings. The summed E-state index contributed by atoms with van der Waals surface area (Å²) >= 11 is 0. The van der Waals surface area contributed by atoms with E-state index in [0.29, 0.717) is 23.6 Å². The third-order valence-corrected chi connectivity index (χ3v) is 2.83. The summed E-state index contributed by atoms with van der Waals surface area (Å²) in [4.78, 5) is 13.9. The Labute approximate surface area is 115 Å². The van der Waals surface area contributed by atoms with Crippen LogP contribution in [0.3, 0.4) is 0 Å². The van der Waals surface area contributed by atoms with Gasteiger partial charge in [-0.3, -0.25) is 4.79 Å². The quantitative estimate of drug-likeness (QED) is 0.467. The summed E-state index contributed by atoms with van der Waals surface area (Å²) in [5.41, 5.74) is 7.08. The maximum absolute atomic E-state index is 11.8. The molecule has 0 saturated heterocycles. The van der Waals surface area contributed by atoms with Crippen LogP contribution in [0.15, 0.2) is 18.2 Å². The zero-order valence-corrected chi connectivity index (χ0v) is 12.3. The van der Waals surface area contributed by atoms with Crippen molar-refractivity contribution in [1.82, 2.24) is 4.90 Å². The van der Waals surface area contributed by atoms with Gasteiger partial charge in [-0.1, -0.05) is 13.8 Å². The molecule has 0 aliphatic rings. The summed E-state index contributed by atoms with van der Waals surface area (Å²) < 4.78 is 5.62. The molecule has 1 rings (SSSR count). The molecule has 0 heterocycles. The van der Waals surface area contributed by atoms with E-state index < -0.39 is 0 Å². The Morgan fingerprint density at radius 3 is 2.58 bits per heavy atom. The number of nitrogen functional groups attached to an aromatic ring is 1. The zero-order chi connectivity index (χ0) is 14.4. The van der Waals surface area contributed by atoms with Crippen LogP contribution in [0.2, 0.25) is 0 Å². The molecule has 1 aromatic carbocycles. The Kier molecular flexibility index (Phi) is 5.83. The molecule has 4 nitrogen and oxygen atoms in total. The number of hydrogen-bond acceptors (Lipinski definition) is 4. The van der Waals surface area contributed by atoms with Gasteiger partial charge < -0.3 is 15.4 Å². The van der Waals surface area contributed by atoms with Gasteiger partial charge in [0.1, 0.15) is 5.75 Å². The molecular formula is C15H24N2O2. The topological polar surface area (TPSA) is 55.6 Å². The number of carbonyl (C=O) groups is 1. The molecule has 0 unspecified atom stereocenters. The fraction of sp³-hybridized carbons (Fsp3) is 0.533. The van der Waals surface area contributed by atoms with E-state index in [1.807, 2.05) is 27.9 Å². The number of nitrogens with two attached hydrogens (primary N) is 1. The van der Waals surface area contributed by atoms with Crippen LogP contribution in [0.25, 0.3) is 0 Å². The molecule has 0 radical (unpaired) electrons. The summed E-state index contributed by atoms with van der Waals surface area (Å²) in [5.74, 6) is 0.733. The number of hydrogen-bond donors (Lipinski definition) is 1. The second-order valence-corrected chi connectivity index (χ2v) is 5.28. The Hall–Kier alpha value is -1.55. The third-order valence-electron chi connectivity index (χ3n) is 2.83. The van der Waals surface area contributed by atoms with Crippen molar-refractivity contribution in [1.29, 1.82) is 0 Å². The van der Waals surface area contributed by atoms with Gasteiger partial charge in [0.25, 0.3) is 0 Å². The first-order chi connectivity index (χ1) is 8.91. The van der Waals surface area contributed by atoms with E-state index >= 15 is 0 Å². The molecule has 0 amide bonds. The number of Topliss-reactive ketones (excluding diaryl/α,β-unsaturated/α-hetero) is 1. The van der Waals surface area contributed by atoms with E-state index in [0.717, 1.165) is 13.0 Å². The van der Waals surface area contributed by atoms with Gasteiger partial charge in [-0.25, -0.2) is 0 Å². The molecule has 0 aromatic heterocycles. The number of carbonyl (C=O) groups excluding carboxylic acids is 1. The number of anilines is 1. The second kappa shape index (κ2) is 7.14. The van der Waals surface area contributed by atoms with Crippen molar-refractivity contribution in [3.05, 3.63) is 23.8 Å². The summed E-state index contributed by atoms with van der Waals surface area (Å²) in [6, 6.07) is 5.25. The van der Waals surface area contributed by atoms with Gasteiger partial charge in [0.2, 0.25) is 0 Å². The van der Waals surface area contributed by atoms with Crippen molar-refractivity contribution in [3.63, 3.8) is 0 Å². The lowest BCUT2D eigenvalue weighted by atomic mass is 10.0. The number of rotatable bonds is 7. The van der Waals surface area contributed by atoms with E-state index in [9.17, 15) is 4.79 Å². The molecule has 0 spiro atoms. The van der Waals surface area contributed by atoms with Gasteiger partial charge in [0.15, 0.2) is 5.78 Å². The Balaban J connectivity index is 2.60. The van der Waals surface area contributed by atoms with Crippen LogP contribution in [-0.2, 0) is 0 Å². The SMILES string of the molecule is CC(C)C(=O)c1ccc(OCCCN(C)C)c(N)c1. The lowest BCUT2D eigenvalue weighted by molar-refractivity contribution is 0.0939. The van der Waals surface area contributed by atoms with Crippen molar-refractivity contribution in [2.45, 2.75) is 20.3 Å². The minimum Gasteiger partial charge on any atom is -0.491 e. The molecule has 0 aliphatic heterocycles. The first kappa shape index (κ1) is 15.5. The Morgan fingerprint density at radius 1 is 1.37 bits per heavy atom. The van der Waals surface area contributed by atoms with Crippen molar-refractivity contribution in [2.24, 2.45) is 5.92 Å². The van der Waals surface area contributed by atoms with Gasteiger partial charge >= 0.3 is 0 Å². The number of benzene rings is 1. The van der Waals surface area contributed by atoms with Gasteiger partial charge in [0, 0.05) is 18.0 Å². The molecule has 0 aliphatic carbocycles. The average Bonchev–Trinajstić information content (AvgIpc) is 2.34. The number of nitrogens with zero attached hydrogens (tertiary/aromatic N) is 1. The predicted octanol–water partition coefficient (Wildman–Crippen LogP) is 2.44. The third kappa shape index (κ3) is 4.91. The van der Waals surface area contributed by atoms with Gasteiger partial charge in [0.05, 0.1) is 12.3 Å². The van der Waals surface area contributed by atoms with Crippen LogP contribution in [0.4, 0.5) is 5.69 Å². The standard InChI is InChI=1S/C15H24N2O2/c1-11(2)15(18)12-6-7-14(13(16)10-12)19-9-5-8-17(3)4/h6-7,10-11H,5,8-9,16H2,1-4H3. The van der Waals surface area contributed by atoms with E-state index in [-0.39, 0.29) is 11.7 Å². The fourth-order valence-corrected chi connectivity index (χ4v) is 1.73. The maximum atomic E-state index is 11.8. The first-order valence-electron chi connectivity index (χ1n) is 6.63. The largest absolute Gasteiger partial charge is 0.491 e. The monoisotopic (exact) mass is 264 g/mol. The Morgan fingerprint density at radius 2 is 2.05 bits per heavy atom. The van der Waals surface area contributed by atoms with Crippen molar-refractivity contribution < 1.29 is 9.53 Å². The smallest absolute Gasteiger partial charge is 0.165 e. The highest BCUT2D eigenvalue weighted by Gasteiger charge is 2.12. The Bertz CT molecular complexity index is 428. The highest BCUT2D eigenvalue weighted by atomic mass is 16.5. The minimum absolute atomic E-state index is 0.0220. The molecule has 4 heteroatoms. The fourth-order valence-electron chi connectivity index (χ4n) is 1.73. The molecule has 0 bridgehead atoms. The van der Waals surface area contributed by atoms with Crippen molar-refractivity contribution in [3.8, 4) is 5.75 Å². The number of ether oxygens (including phenoxy) is 1. The normalized spacial score (nSPS) is 11.1. The molecule has 2 N–H and O–H groups in total. The number of ketones is 1. The summed E-state index contributed by atoms with van der Waals surface area (Å²) in [6.45, 7) is 5.36. The minimum atomic E-state index is -0.0220. The molecule has 0 atom stereocenters. The zero-order valence-electron chi connectivity index (χ0n) is 12.3.